The molecule has 0 saturated carbocycles. The first kappa shape index (κ1) is 12.3. The van der Waals surface area contributed by atoms with E-state index in [1.54, 1.807) is 0 Å². The van der Waals surface area contributed by atoms with Crippen LogP contribution < -0.4 is 0 Å². The maximum absolute atomic E-state index is 7.00. The molecule has 1 fully saturated rings. The Morgan fingerprint density at radius 1 is 1.10 bits per heavy atom. The van der Waals surface area contributed by atoms with Crippen LogP contribution in [-0.4, -0.2) is 37.3 Å². The molecule has 1 rings (SSSR count). The van der Waals surface area contributed by atoms with E-state index < -0.39 is 0 Å². The molecule has 10 heavy (non-hydrogen) atoms. The molecule has 0 radical (unpaired) electrons. The molecule has 0 bridgehead atoms. The molecule has 1 heterocycles. The van der Waals surface area contributed by atoms with Crippen molar-refractivity contribution in [2.24, 2.45) is 0 Å². The van der Waals surface area contributed by atoms with Crippen LogP contribution in [-0.2, 0) is 0 Å². The van der Waals surface area contributed by atoms with Crippen molar-refractivity contribution in [3.8, 4) is 0 Å². The van der Waals surface area contributed by atoms with Crippen molar-refractivity contribution >= 4 is 0 Å². The second kappa shape index (κ2) is 11.5. The number of hydrogen-bond acceptors (Lipinski definition) is 2. The lowest BCUT2D eigenvalue weighted by atomic mass is 10.4. The van der Waals surface area contributed by atoms with Gasteiger partial charge in [0.1, 0.15) is 0 Å². The average Bonchev–Trinajstić information content (AvgIpc) is 2.48. The lowest BCUT2D eigenvalue weighted by molar-refractivity contribution is 0.399. The summed E-state index contributed by atoms with van der Waals surface area (Å²) in [6.07, 6.45) is 2.83. The SMILES string of the molecule is C=C.CN1CCCC1.CO. The van der Waals surface area contributed by atoms with Gasteiger partial charge in [-0.05, 0) is 33.0 Å². The van der Waals surface area contributed by atoms with E-state index in [-0.39, 0.29) is 0 Å². The Morgan fingerprint density at radius 2 is 1.40 bits per heavy atom. The van der Waals surface area contributed by atoms with Crippen molar-refractivity contribution in [3.63, 3.8) is 0 Å². The number of rotatable bonds is 0. The average molecular weight is 145 g/mol. The van der Waals surface area contributed by atoms with Crippen LogP contribution in [0.2, 0.25) is 0 Å². The first-order valence-corrected chi connectivity index (χ1v) is 3.53. The fraction of sp³-hybridized carbons (Fsp3) is 0.750. The number of hydrogen-bond donors (Lipinski definition) is 1. The minimum absolute atomic E-state index is 1.00. The normalized spacial score (nSPS) is 16.3. The number of aliphatic hydroxyl groups excluding tert-OH is 1. The lowest BCUT2D eigenvalue weighted by Crippen LogP contribution is -2.10. The Bertz CT molecular complexity index is 51.2. The summed E-state index contributed by atoms with van der Waals surface area (Å²) in [5.74, 6) is 0. The quantitative estimate of drug-likeness (QED) is 0.516. The van der Waals surface area contributed by atoms with Gasteiger partial charge in [0.15, 0.2) is 0 Å². The Morgan fingerprint density at radius 3 is 1.50 bits per heavy atom. The highest BCUT2D eigenvalue weighted by Crippen LogP contribution is 2.01. The van der Waals surface area contributed by atoms with Gasteiger partial charge < -0.3 is 10.0 Å². The molecule has 1 aliphatic heterocycles. The molecule has 1 saturated heterocycles. The molecular weight excluding hydrogens is 126 g/mol. The van der Waals surface area contributed by atoms with Gasteiger partial charge in [-0.2, -0.15) is 0 Å². The van der Waals surface area contributed by atoms with Crippen molar-refractivity contribution in [3.05, 3.63) is 13.2 Å². The number of likely N-dealkylation sites (tertiary alicyclic amines) is 1. The molecule has 2 heteroatoms. The molecule has 0 atom stereocenters. The zero-order valence-corrected chi connectivity index (χ0v) is 7.14. The van der Waals surface area contributed by atoms with Gasteiger partial charge in [-0.15, -0.1) is 13.2 Å². The zero-order chi connectivity index (χ0) is 8.41. The molecule has 0 aliphatic carbocycles. The van der Waals surface area contributed by atoms with Crippen molar-refractivity contribution in [1.29, 1.82) is 0 Å². The molecule has 0 spiro atoms. The maximum Gasteiger partial charge on any atom is 0.0319 e. The van der Waals surface area contributed by atoms with Crippen LogP contribution in [0.15, 0.2) is 13.2 Å². The maximum atomic E-state index is 7.00. The molecule has 0 aromatic carbocycles. The Balaban J connectivity index is 0. The highest BCUT2D eigenvalue weighted by molar-refractivity contribution is 4.59. The van der Waals surface area contributed by atoms with Crippen LogP contribution in [0.1, 0.15) is 12.8 Å². The van der Waals surface area contributed by atoms with Crippen molar-refractivity contribution < 1.29 is 5.11 Å². The van der Waals surface area contributed by atoms with Gasteiger partial charge in [0.2, 0.25) is 0 Å². The molecule has 62 valence electrons. The third-order valence-electron chi connectivity index (χ3n) is 1.33. The monoisotopic (exact) mass is 145 g/mol. The summed E-state index contributed by atoms with van der Waals surface area (Å²) in [5, 5.41) is 7.00. The van der Waals surface area contributed by atoms with Crippen LogP contribution in [0.5, 0.6) is 0 Å². The first-order chi connectivity index (χ1) is 4.89. The van der Waals surface area contributed by atoms with Gasteiger partial charge in [0.05, 0.1) is 0 Å². The number of nitrogens with zero attached hydrogens (tertiary/aromatic N) is 1. The van der Waals surface area contributed by atoms with Gasteiger partial charge in [-0.25, -0.2) is 0 Å². The van der Waals surface area contributed by atoms with Crippen LogP contribution in [0, 0.1) is 0 Å². The molecule has 0 unspecified atom stereocenters. The highest BCUT2D eigenvalue weighted by Gasteiger charge is 2.03. The summed E-state index contributed by atoms with van der Waals surface area (Å²) in [4.78, 5) is 2.36. The molecule has 2 nitrogen and oxygen atoms in total. The molecular formula is C8H19NO. The molecule has 1 aliphatic rings. The predicted octanol–water partition coefficient (Wildman–Crippen LogP) is 1.12. The fourth-order valence-electron chi connectivity index (χ4n) is 0.875. The zero-order valence-electron chi connectivity index (χ0n) is 7.14. The van der Waals surface area contributed by atoms with Gasteiger partial charge in [0, 0.05) is 7.11 Å². The summed E-state index contributed by atoms with van der Waals surface area (Å²) in [7, 11) is 3.17. The van der Waals surface area contributed by atoms with Gasteiger partial charge >= 0.3 is 0 Å². The van der Waals surface area contributed by atoms with E-state index in [1.165, 1.54) is 25.9 Å². The third kappa shape index (κ3) is 7.66. The predicted molar refractivity (Wildman–Crippen MR) is 46.1 cm³/mol. The van der Waals surface area contributed by atoms with Crippen molar-refractivity contribution in [2.75, 3.05) is 27.2 Å². The van der Waals surface area contributed by atoms with E-state index in [0.717, 1.165) is 7.11 Å². The third-order valence-corrected chi connectivity index (χ3v) is 1.33. The Kier molecular flexibility index (Phi) is 14.1. The lowest BCUT2D eigenvalue weighted by Gasteiger charge is -2.01. The minimum Gasteiger partial charge on any atom is -0.400 e. The first-order valence-electron chi connectivity index (χ1n) is 3.53. The standard InChI is InChI=1S/C5H11N.C2H4.CH4O/c1-6-4-2-3-5-6;2*1-2/h2-5H2,1H3;1-2H2;2H,1H3. The van der Waals surface area contributed by atoms with Gasteiger partial charge in [-0.3, -0.25) is 0 Å². The van der Waals surface area contributed by atoms with E-state index in [4.69, 9.17) is 5.11 Å². The second-order valence-corrected chi connectivity index (χ2v) is 2.01. The molecule has 1 N–H and O–H groups in total. The van der Waals surface area contributed by atoms with E-state index >= 15 is 0 Å². The van der Waals surface area contributed by atoms with Crippen LogP contribution in [0.25, 0.3) is 0 Å². The Hall–Kier alpha value is -0.340. The van der Waals surface area contributed by atoms with E-state index in [9.17, 15) is 0 Å². The smallest absolute Gasteiger partial charge is 0.0319 e. The molecule has 0 amide bonds. The molecule has 0 aromatic rings. The fourth-order valence-corrected chi connectivity index (χ4v) is 0.875. The van der Waals surface area contributed by atoms with E-state index in [1.807, 2.05) is 0 Å². The molecule has 0 aromatic heterocycles. The van der Waals surface area contributed by atoms with Crippen LogP contribution in [0.3, 0.4) is 0 Å². The van der Waals surface area contributed by atoms with E-state index in [0.29, 0.717) is 0 Å². The summed E-state index contributed by atoms with van der Waals surface area (Å²) < 4.78 is 0. The minimum atomic E-state index is 1.00. The number of aliphatic hydroxyl groups is 1. The highest BCUT2D eigenvalue weighted by atomic mass is 16.2. The largest absolute Gasteiger partial charge is 0.400 e. The Labute approximate surface area is 64.2 Å². The van der Waals surface area contributed by atoms with Crippen molar-refractivity contribution in [1.82, 2.24) is 4.90 Å². The van der Waals surface area contributed by atoms with Crippen LogP contribution in [0.4, 0.5) is 0 Å². The van der Waals surface area contributed by atoms with Gasteiger partial charge in [0.25, 0.3) is 0 Å². The summed E-state index contributed by atoms with van der Waals surface area (Å²) >= 11 is 0. The van der Waals surface area contributed by atoms with Crippen molar-refractivity contribution in [2.45, 2.75) is 12.8 Å². The summed E-state index contributed by atoms with van der Waals surface area (Å²) in [6.45, 7) is 8.64. The summed E-state index contributed by atoms with van der Waals surface area (Å²) in [5.41, 5.74) is 0. The second-order valence-electron chi connectivity index (χ2n) is 2.01. The topological polar surface area (TPSA) is 23.5 Å². The summed E-state index contributed by atoms with van der Waals surface area (Å²) in [6, 6.07) is 0. The van der Waals surface area contributed by atoms with Gasteiger partial charge in [-0.1, -0.05) is 0 Å². The van der Waals surface area contributed by atoms with E-state index in [2.05, 4.69) is 25.1 Å². The van der Waals surface area contributed by atoms with Crippen LogP contribution >= 0.6 is 0 Å².